The largest absolute Gasteiger partial charge is 0.492 e. The third-order valence-corrected chi connectivity index (χ3v) is 5.56. The Labute approximate surface area is 198 Å². The highest BCUT2D eigenvalue weighted by atomic mass is 16.5. The Balaban J connectivity index is 1.21. The Morgan fingerprint density at radius 1 is 1.00 bits per heavy atom. The molecule has 0 radical (unpaired) electrons. The topological polar surface area (TPSA) is 85.5 Å². The van der Waals surface area contributed by atoms with Gasteiger partial charge in [-0.3, -0.25) is 4.90 Å². The van der Waals surface area contributed by atoms with Crippen LogP contribution in [0.1, 0.15) is 5.56 Å². The minimum atomic E-state index is 0.537. The molecule has 0 spiro atoms. The number of morpholine rings is 1. The minimum Gasteiger partial charge on any atom is -0.492 e. The predicted molar refractivity (Wildman–Crippen MR) is 130 cm³/mol. The number of nitrogens with zero attached hydrogens (tertiary/aromatic N) is 4. The molecule has 0 unspecified atom stereocenters. The number of rotatable bonds is 8. The van der Waals surface area contributed by atoms with E-state index in [0.717, 1.165) is 55.5 Å². The summed E-state index contributed by atoms with van der Waals surface area (Å²) in [6.07, 6.45) is 3.46. The molecule has 0 bridgehead atoms. The third-order valence-electron chi connectivity index (χ3n) is 5.56. The lowest BCUT2D eigenvalue weighted by Gasteiger charge is -2.26. The standard InChI is InChI=1S/C26H27N5O3/c1-19-9-10-27-25(17-19)30-24-4-2-3-22(29-24)23-18-28-26(34-23)20-5-7-21(8-6-20)33-16-13-31-11-14-32-15-12-31/h2-10,17-18H,11-16H2,1H3,(H,27,29,30). The first-order valence-corrected chi connectivity index (χ1v) is 11.4. The predicted octanol–water partition coefficient (Wildman–Crippen LogP) is 4.56. The molecule has 0 atom stereocenters. The molecule has 1 aliphatic rings. The number of hydrogen-bond acceptors (Lipinski definition) is 8. The van der Waals surface area contributed by atoms with E-state index in [9.17, 15) is 0 Å². The van der Waals surface area contributed by atoms with Crippen LogP contribution in [-0.2, 0) is 4.74 Å². The lowest BCUT2D eigenvalue weighted by molar-refractivity contribution is 0.0322. The van der Waals surface area contributed by atoms with E-state index in [4.69, 9.17) is 13.9 Å². The van der Waals surface area contributed by atoms with Crippen molar-refractivity contribution in [2.24, 2.45) is 0 Å². The Bertz CT molecular complexity index is 1220. The third kappa shape index (κ3) is 5.59. The van der Waals surface area contributed by atoms with Gasteiger partial charge >= 0.3 is 0 Å². The monoisotopic (exact) mass is 457 g/mol. The summed E-state index contributed by atoms with van der Waals surface area (Å²) in [5.74, 6) is 3.40. The van der Waals surface area contributed by atoms with Gasteiger partial charge in [0.25, 0.3) is 0 Å². The fourth-order valence-electron chi connectivity index (χ4n) is 3.71. The van der Waals surface area contributed by atoms with Gasteiger partial charge in [-0.15, -0.1) is 0 Å². The average molecular weight is 458 g/mol. The van der Waals surface area contributed by atoms with Crippen molar-refractivity contribution < 1.29 is 13.9 Å². The van der Waals surface area contributed by atoms with Crippen molar-refractivity contribution in [1.29, 1.82) is 0 Å². The molecular weight excluding hydrogens is 430 g/mol. The maximum absolute atomic E-state index is 6.00. The molecule has 1 aromatic carbocycles. The average Bonchev–Trinajstić information content (AvgIpc) is 3.36. The number of ether oxygens (including phenoxy) is 2. The summed E-state index contributed by atoms with van der Waals surface area (Å²) in [7, 11) is 0. The van der Waals surface area contributed by atoms with Crippen molar-refractivity contribution >= 4 is 11.6 Å². The molecule has 5 rings (SSSR count). The van der Waals surface area contributed by atoms with Crippen molar-refractivity contribution in [3.63, 3.8) is 0 Å². The minimum absolute atomic E-state index is 0.537. The van der Waals surface area contributed by atoms with Gasteiger partial charge in [0.2, 0.25) is 5.89 Å². The van der Waals surface area contributed by atoms with Gasteiger partial charge in [-0.05, 0) is 61.0 Å². The van der Waals surface area contributed by atoms with Crippen LogP contribution in [0, 0.1) is 6.92 Å². The Morgan fingerprint density at radius 2 is 1.85 bits per heavy atom. The summed E-state index contributed by atoms with van der Waals surface area (Å²) in [4.78, 5) is 15.8. The van der Waals surface area contributed by atoms with Gasteiger partial charge in [0.05, 0.1) is 19.4 Å². The van der Waals surface area contributed by atoms with E-state index in [2.05, 4.69) is 25.2 Å². The molecule has 4 aromatic rings. The van der Waals surface area contributed by atoms with Crippen LogP contribution in [0.5, 0.6) is 5.75 Å². The zero-order valence-corrected chi connectivity index (χ0v) is 19.1. The molecule has 1 aliphatic heterocycles. The molecule has 8 heteroatoms. The van der Waals surface area contributed by atoms with Crippen LogP contribution in [-0.4, -0.2) is 59.3 Å². The summed E-state index contributed by atoms with van der Waals surface area (Å²) in [6.45, 7) is 7.10. The number of benzene rings is 1. The van der Waals surface area contributed by atoms with Crippen molar-refractivity contribution in [3.8, 4) is 28.7 Å². The van der Waals surface area contributed by atoms with Gasteiger partial charge in [-0.2, -0.15) is 0 Å². The van der Waals surface area contributed by atoms with Crippen molar-refractivity contribution in [2.45, 2.75) is 6.92 Å². The van der Waals surface area contributed by atoms with Gasteiger partial charge in [0, 0.05) is 31.4 Å². The number of hydrogen-bond donors (Lipinski definition) is 1. The zero-order chi connectivity index (χ0) is 23.2. The molecule has 0 saturated carbocycles. The maximum atomic E-state index is 6.00. The van der Waals surface area contributed by atoms with Crippen LogP contribution >= 0.6 is 0 Å². The Morgan fingerprint density at radius 3 is 2.68 bits per heavy atom. The molecule has 8 nitrogen and oxygen atoms in total. The van der Waals surface area contributed by atoms with E-state index in [0.29, 0.717) is 29.8 Å². The van der Waals surface area contributed by atoms with E-state index in [-0.39, 0.29) is 0 Å². The first kappa shape index (κ1) is 22.1. The van der Waals surface area contributed by atoms with Crippen LogP contribution in [0.15, 0.2) is 71.4 Å². The highest BCUT2D eigenvalue weighted by Crippen LogP contribution is 2.27. The second-order valence-electron chi connectivity index (χ2n) is 8.11. The number of pyridine rings is 2. The van der Waals surface area contributed by atoms with E-state index in [1.165, 1.54) is 0 Å². The van der Waals surface area contributed by atoms with Crippen molar-refractivity contribution in [1.82, 2.24) is 19.9 Å². The SMILES string of the molecule is Cc1ccnc(Nc2cccc(-c3cnc(-c4ccc(OCCN5CCOCC5)cc4)o3)n2)c1. The molecular formula is C26H27N5O3. The first-order valence-electron chi connectivity index (χ1n) is 11.4. The maximum Gasteiger partial charge on any atom is 0.226 e. The summed E-state index contributed by atoms with van der Waals surface area (Å²) in [5.41, 5.74) is 2.70. The zero-order valence-electron chi connectivity index (χ0n) is 19.1. The lowest BCUT2D eigenvalue weighted by Crippen LogP contribution is -2.38. The number of anilines is 2. The number of nitrogens with one attached hydrogen (secondary N) is 1. The van der Waals surface area contributed by atoms with Crippen molar-refractivity contribution in [2.75, 3.05) is 44.8 Å². The van der Waals surface area contributed by atoms with Crippen LogP contribution in [0.4, 0.5) is 11.6 Å². The molecule has 4 heterocycles. The highest BCUT2D eigenvalue weighted by Gasteiger charge is 2.12. The molecule has 0 aliphatic carbocycles. The lowest BCUT2D eigenvalue weighted by atomic mass is 10.2. The van der Waals surface area contributed by atoms with Gasteiger partial charge in [0.1, 0.15) is 29.7 Å². The second kappa shape index (κ2) is 10.5. The normalized spacial score (nSPS) is 14.1. The van der Waals surface area contributed by atoms with E-state index in [1.54, 1.807) is 12.4 Å². The van der Waals surface area contributed by atoms with Crippen molar-refractivity contribution in [3.05, 3.63) is 72.6 Å². The fraction of sp³-hybridized carbons (Fsp3) is 0.269. The smallest absolute Gasteiger partial charge is 0.226 e. The molecule has 34 heavy (non-hydrogen) atoms. The van der Waals surface area contributed by atoms with Crippen LogP contribution < -0.4 is 10.1 Å². The summed E-state index contributed by atoms with van der Waals surface area (Å²) < 4.78 is 17.3. The molecule has 1 N–H and O–H groups in total. The van der Waals surface area contributed by atoms with Gasteiger partial charge in [0.15, 0.2) is 5.76 Å². The van der Waals surface area contributed by atoms with Gasteiger partial charge < -0.3 is 19.2 Å². The second-order valence-corrected chi connectivity index (χ2v) is 8.11. The Kier molecular flexibility index (Phi) is 6.78. The highest BCUT2D eigenvalue weighted by molar-refractivity contribution is 5.62. The Hall–Kier alpha value is -3.75. The summed E-state index contributed by atoms with van der Waals surface area (Å²) in [5, 5.41) is 3.23. The number of oxazole rings is 1. The van der Waals surface area contributed by atoms with Crippen LogP contribution in [0.2, 0.25) is 0 Å². The van der Waals surface area contributed by atoms with E-state index in [1.807, 2.05) is 61.5 Å². The fourth-order valence-corrected chi connectivity index (χ4v) is 3.71. The molecule has 0 amide bonds. The van der Waals surface area contributed by atoms with E-state index >= 15 is 0 Å². The summed E-state index contributed by atoms with van der Waals surface area (Å²) >= 11 is 0. The quantitative estimate of drug-likeness (QED) is 0.412. The molecule has 174 valence electrons. The molecule has 1 fully saturated rings. The first-order chi connectivity index (χ1) is 16.7. The number of aryl methyl sites for hydroxylation is 1. The van der Waals surface area contributed by atoms with E-state index < -0.39 is 0 Å². The molecule has 3 aromatic heterocycles. The number of aromatic nitrogens is 3. The van der Waals surface area contributed by atoms with Gasteiger partial charge in [-0.25, -0.2) is 15.0 Å². The van der Waals surface area contributed by atoms with Gasteiger partial charge in [-0.1, -0.05) is 6.07 Å². The van der Waals surface area contributed by atoms with Crippen LogP contribution in [0.3, 0.4) is 0 Å². The summed E-state index contributed by atoms with van der Waals surface area (Å²) in [6, 6.07) is 17.4. The van der Waals surface area contributed by atoms with Crippen LogP contribution in [0.25, 0.3) is 22.9 Å². The molecule has 1 saturated heterocycles.